The zero-order valence-electron chi connectivity index (χ0n) is 9.98. The molecule has 2 aromatic rings. The van der Waals surface area contributed by atoms with Crippen molar-refractivity contribution >= 4 is 5.97 Å². The van der Waals surface area contributed by atoms with Crippen LogP contribution in [-0.4, -0.2) is 28.0 Å². The summed E-state index contributed by atoms with van der Waals surface area (Å²) < 4.78 is 18.1. The van der Waals surface area contributed by atoms with Gasteiger partial charge in [0.25, 0.3) is 0 Å². The normalized spacial score (nSPS) is 9.95. The average molecular weight is 260 g/mol. The number of hydrogen-bond acceptors (Lipinski definition) is 5. The summed E-state index contributed by atoms with van der Waals surface area (Å²) in [5, 5.41) is 18.6. The van der Waals surface area contributed by atoms with E-state index in [1.54, 1.807) is 13.0 Å². The molecule has 0 unspecified atom stereocenters. The van der Waals surface area contributed by atoms with E-state index in [9.17, 15) is 9.18 Å². The van der Waals surface area contributed by atoms with Crippen LogP contribution in [0.25, 0.3) is 11.3 Å². The third kappa shape index (κ3) is 2.42. The molecule has 0 saturated carbocycles. The van der Waals surface area contributed by atoms with Crippen LogP contribution in [0.15, 0.2) is 18.2 Å². The van der Waals surface area contributed by atoms with E-state index in [1.165, 1.54) is 12.1 Å². The second kappa shape index (κ2) is 5.27. The standard InChI is InChI=1S/C12H9FN4O2/c1-2-19-12(18)11-10(15-17-16-11)7-3-4-9(13)8(5-7)6-14/h3-5H,2H2,1H3,(H,15,16,17). The molecule has 0 fully saturated rings. The molecule has 0 bridgehead atoms. The zero-order valence-corrected chi connectivity index (χ0v) is 9.98. The van der Waals surface area contributed by atoms with Crippen molar-refractivity contribution in [3.63, 3.8) is 0 Å². The number of H-pyrrole nitrogens is 1. The fourth-order valence-corrected chi connectivity index (χ4v) is 1.53. The molecule has 1 N–H and O–H groups in total. The van der Waals surface area contributed by atoms with Crippen molar-refractivity contribution in [1.82, 2.24) is 15.4 Å². The van der Waals surface area contributed by atoms with Gasteiger partial charge in [-0.2, -0.15) is 15.6 Å². The molecular formula is C12H9FN4O2. The number of aromatic amines is 1. The highest BCUT2D eigenvalue weighted by Crippen LogP contribution is 2.22. The maximum absolute atomic E-state index is 13.2. The van der Waals surface area contributed by atoms with Crippen molar-refractivity contribution in [2.45, 2.75) is 6.92 Å². The maximum Gasteiger partial charge on any atom is 0.361 e. The van der Waals surface area contributed by atoms with Gasteiger partial charge in [0.15, 0.2) is 5.69 Å². The van der Waals surface area contributed by atoms with E-state index in [2.05, 4.69) is 15.4 Å². The predicted octanol–water partition coefficient (Wildman–Crippen LogP) is 1.66. The fourth-order valence-electron chi connectivity index (χ4n) is 1.53. The number of halogens is 1. The number of ether oxygens (including phenoxy) is 1. The van der Waals surface area contributed by atoms with Crippen molar-refractivity contribution in [2.24, 2.45) is 0 Å². The number of hydrogen-bond donors (Lipinski definition) is 1. The van der Waals surface area contributed by atoms with Crippen molar-refractivity contribution in [2.75, 3.05) is 6.61 Å². The van der Waals surface area contributed by atoms with E-state index in [4.69, 9.17) is 10.00 Å². The smallest absolute Gasteiger partial charge is 0.361 e. The third-order valence-electron chi connectivity index (χ3n) is 2.38. The molecule has 6 nitrogen and oxygen atoms in total. The van der Waals surface area contributed by atoms with Gasteiger partial charge in [-0.25, -0.2) is 9.18 Å². The second-order valence-electron chi connectivity index (χ2n) is 3.55. The van der Waals surface area contributed by atoms with Gasteiger partial charge in [-0.1, -0.05) is 0 Å². The first-order valence-corrected chi connectivity index (χ1v) is 5.45. The van der Waals surface area contributed by atoms with Crippen molar-refractivity contribution in [3.8, 4) is 17.3 Å². The molecule has 0 saturated heterocycles. The third-order valence-corrected chi connectivity index (χ3v) is 2.38. The number of nitrogens with one attached hydrogen (secondary N) is 1. The van der Waals surface area contributed by atoms with Gasteiger partial charge >= 0.3 is 5.97 Å². The summed E-state index contributed by atoms with van der Waals surface area (Å²) in [7, 11) is 0. The minimum atomic E-state index is -0.632. The Kier molecular flexibility index (Phi) is 3.52. The fraction of sp³-hybridized carbons (Fsp3) is 0.167. The topological polar surface area (TPSA) is 91.7 Å². The highest BCUT2D eigenvalue weighted by molar-refractivity contribution is 5.93. The minimum Gasteiger partial charge on any atom is -0.461 e. The molecule has 96 valence electrons. The summed E-state index contributed by atoms with van der Waals surface area (Å²) in [6.45, 7) is 1.88. The molecule has 0 aliphatic rings. The Morgan fingerprint density at radius 1 is 1.53 bits per heavy atom. The highest BCUT2D eigenvalue weighted by atomic mass is 19.1. The van der Waals surface area contributed by atoms with Gasteiger partial charge in [0.05, 0.1) is 12.2 Å². The van der Waals surface area contributed by atoms with E-state index in [0.717, 1.165) is 6.07 Å². The summed E-state index contributed by atoms with van der Waals surface area (Å²) in [5.74, 6) is -1.26. The summed E-state index contributed by atoms with van der Waals surface area (Å²) in [6, 6.07) is 5.57. The highest BCUT2D eigenvalue weighted by Gasteiger charge is 2.19. The lowest BCUT2D eigenvalue weighted by atomic mass is 10.1. The van der Waals surface area contributed by atoms with Crippen LogP contribution in [0.1, 0.15) is 23.0 Å². The number of carbonyl (C=O) groups is 1. The van der Waals surface area contributed by atoms with Crippen LogP contribution >= 0.6 is 0 Å². The number of aromatic nitrogens is 3. The maximum atomic E-state index is 13.2. The number of nitrogens with zero attached hydrogens (tertiary/aromatic N) is 3. The number of carbonyl (C=O) groups excluding carboxylic acids is 1. The molecule has 0 atom stereocenters. The van der Waals surface area contributed by atoms with Gasteiger partial charge in [0.1, 0.15) is 17.6 Å². The SMILES string of the molecule is CCOC(=O)c1n[nH]nc1-c1ccc(F)c(C#N)c1. The second-order valence-corrected chi connectivity index (χ2v) is 3.55. The Morgan fingerprint density at radius 2 is 2.32 bits per heavy atom. The first-order chi connectivity index (χ1) is 9.17. The van der Waals surface area contributed by atoms with Gasteiger partial charge in [-0.3, -0.25) is 0 Å². The van der Waals surface area contributed by atoms with Crippen molar-refractivity contribution < 1.29 is 13.9 Å². The quantitative estimate of drug-likeness (QED) is 0.847. The Hall–Kier alpha value is -2.75. The lowest BCUT2D eigenvalue weighted by molar-refractivity contribution is 0.0520. The molecule has 1 aromatic carbocycles. The number of rotatable bonds is 3. The molecule has 0 amide bonds. The molecule has 0 aliphatic heterocycles. The summed E-state index contributed by atoms with van der Waals surface area (Å²) in [6.07, 6.45) is 0. The Bertz CT molecular complexity index is 660. The van der Waals surface area contributed by atoms with Crippen LogP contribution in [0.4, 0.5) is 4.39 Å². The number of nitriles is 1. The Morgan fingerprint density at radius 3 is 3.00 bits per heavy atom. The van der Waals surface area contributed by atoms with Crippen LogP contribution in [0, 0.1) is 17.1 Å². The van der Waals surface area contributed by atoms with Gasteiger partial charge in [-0.15, -0.1) is 5.10 Å². The molecule has 1 heterocycles. The molecule has 2 rings (SSSR count). The lowest BCUT2D eigenvalue weighted by Crippen LogP contribution is -2.06. The summed E-state index contributed by atoms with van der Waals surface area (Å²) in [5.41, 5.74) is 0.498. The van der Waals surface area contributed by atoms with Crippen molar-refractivity contribution in [1.29, 1.82) is 5.26 Å². The summed E-state index contributed by atoms with van der Waals surface area (Å²) >= 11 is 0. The van der Waals surface area contributed by atoms with Gasteiger partial charge in [0, 0.05) is 5.56 Å². The van der Waals surface area contributed by atoms with E-state index in [1.807, 2.05) is 0 Å². The van der Waals surface area contributed by atoms with Crippen LogP contribution in [0.3, 0.4) is 0 Å². The molecule has 19 heavy (non-hydrogen) atoms. The van der Waals surface area contributed by atoms with Gasteiger partial charge in [-0.05, 0) is 25.1 Å². The van der Waals surface area contributed by atoms with Crippen LogP contribution in [-0.2, 0) is 4.74 Å². The van der Waals surface area contributed by atoms with Crippen LogP contribution in [0.5, 0.6) is 0 Å². The Labute approximate surface area is 107 Å². The van der Waals surface area contributed by atoms with Crippen LogP contribution < -0.4 is 0 Å². The minimum absolute atomic E-state index is 0.00246. The Balaban J connectivity index is 2.46. The van der Waals surface area contributed by atoms with Crippen LogP contribution in [0.2, 0.25) is 0 Å². The largest absolute Gasteiger partial charge is 0.461 e. The first-order valence-electron chi connectivity index (χ1n) is 5.45. The van der Waals surface area contributed by atoms with Crippen molar-refractivity contribution in [3.05, 3.63) is 35.3 Å². The van der Waals surface area contributed by atoms with Gasteiger partial charge < -0.3 is 4.74 Å². The number of benzene rings is 1. The molecule has 0 spiro atoms. The first kappa shape index (κ1) is 12.7. The predicted molar refractivity (Wildman–Crippen MR) is 62.4 cm³/mol. The lowest BCUT2D eigenvalue weighted by Gasteiger charge is -2.02. The molecule has 7 heteroatoms. The molecule has 1 aromatic heterocycles. The van der Waals surface area contributed by atoms with E-state index < -0.39 is 11.8 Å². The zero-order chi connectivity index (χ0) is 13.8. The molecule has 0 radical (unpaired) electrons. The molecular weight excluding hydrogens is 251 g/mol. The number of esters is 1. The van der Waals surface area contributed by atoms with Gasteiger partial charge in [0.2, 0.25) is 0 Å². The molecule has 0 aliphatic carbocycles. The van der Waals surface area contributed by atoms with E-state index in [-0.39, 0.29) is 23.6 Å². The summed E-state index contributed by atoms with van der Waals surface area (Å²) in [4.78, 5) is 11.6. The van der Waals surface area contributed by atoms with E-state index >= 15 is 0 Å². The average Bonchev–Trinajstić information content (AvgIpc) is 2.89. The monoisotopic (exact) mass is 260 g/mol. The van der Waals surface area contributed by atoms with E-state index in [0.29, 0.717) is 5.56 Å².